The van der Waals surface area contributed by atoms with Gasteiger partial charge in [0.2, 0.25) is 11.8 Å². The third-order valence-corrected chi connectivity index (χ3v) is 6.17. The Hall–Kier alpha value is -2.84. The quantitative estimate of drug-likeness (QED) is 0.630. The van der Waals surface area contributed by atoms with E-state index in [9.17, 15) is 9.59 Å². The fraction of sp³-hybridized carbons (Fsp3) is 0.238. The van der Waals surface area contributed by atoms with Crippen molar-refractivity contribution in [2.75, 3.05) is 5.32 Å². The van der Waals surface area contributed by atoms with Crippen LogP contribution in [0.2, 0.25) is 5.02 Å². The van der Waals surface area contributed by atoms with Crippen LogP contribution in [-0.4, -0.2) is 31.8 Å². The van der Waals surface area contributed by atoms with E-state index in [1.165, 1.54) is 11.8 Å². The van der Waals surface area contributed by atoms with Crippen molar-refractivity contribution in [2.45, 2.75) is 37.0 Å². The second-order valence-electron chi connectivity index (χ2n) is 7.08. The number of nitrogens with one attached hydrogen (secondary N) is 2. The molecule has 0 saturated carbocycles. The molecule has 9 heteroatoms. The van der Waals surface area contributed by atoms with Crippen molar-refractivity contribution < 1.29 is 9.59 Å². The smallest absolute Gasteiger partial charge is 0.238 e. The minimum absolute atomic E-state index is 0.0931. The fourth-order valence-corrected chi connectivity index (χ4v) is 4.47. The van der Waals surface area contributed by atoms with Gasteiger partial charge in [-0.2, -0.15) is 5.10 Å². The lowest BCUT2D eigenvalue weighted by Gasteiger charge is -2.23. The van der Waals surface area contributed by atoms with E-state index in [2.05, 4.69) is 20.7 Å². The van der Waals surface area contributed by atoms with E-state index in [0.29, 0.717) is 17.3 Å². The number of amides is 2. The highest BCUT2D eigenvalue weighted by molar-refractivity contribution is 8.01. The van der Waals surface area contributed by atoms with Crippen LogP contribution in [-0.2, 0) is 16.1 Å². The van der Waals surface area contributed by atoms with Gasteiger partial charge in [0, 0.05) is 34.8 Å². The van der Waals surface area contributed by atoms with Crippen molar-refractivity contribution in [1.29, 1.82) is 0 Å². The van der Waals surface area contributed by atoms with Crippen LogP contribution in [0, 0.1) is 13.8 Å². The number of thioether (sulfide) groups is 1. The molecule has 0 bridgehead atoms. The Morgan fingerprint density at radius 1 is 1.27 bits per heavy atom. The molecule has 0 fully saturated rings. The Bertz CT molecular complexity index is 1110. The maximum atomic E-state index is 12.4. The van der Waals surface area contributed by atoms with Crippen LogP contribution in [0.5, 0.6) is 0 Å². The van der Waals surface area contributed by atoms with Crippen LogP contribution in [0.25, 0.3) is 5.82 Å². The fourth-order valence-electron chi connectivity index (χ4n) is 3.21. The van der Waals surface area contributed by atoms with Crippen molar-refractivity contribution >= 4 is 40.9 Å². The lowest BCUT2D eigenvalue weighted by molar-refractivity contribution is -0.124. The maximum absolute atomic E-state index is 12.4. The monoisotopic (exact) mass is 441 g/mol. The molecule has 30 heavy (non-hydrogen) atoms. The molecule has 1 atom stereocenters. The van der Waals surface area contributed by atoms with Crippen LogP contribution in [0.15, 0.2) is 47.5 Å². The lowest BCUT2D eigenvalue weighted by atomic mass is 10.2. The number of pyridine rings is 1. The topological polar surface area (TPSA) is 88.9 Å². The number of nitrogens with zero attached hydrogens (tertiary/aromatic N) is 3. The normalized spacial score (nSPS) is 15.4. The van der Waals surface area contributed by atoms with E-state index in [-0.39, 0.29) is 18.2 Å². The molecule has 7 nitrogen and oxygen atoms in total. The van der Waals surface area contributed by atoms with Gasteiger partial charge >= 0.3 is 0 Å². The highest BCUT2D eigenvalue weighted by Crippen LogP contribution is 2.38. The first-order valence-electron chi connectivity index (χ1n) is 9.41. The van der Waals surface area contributed by atoms with Crippen LogP contribution in [0.4, 0.5) is 5.69 Å². The van der Waals surface area contributed by atoms with Crippen molar-refractivity contribution in [2.24, 2.45) is 0 Å². The molecular weight excluding hydrogens is 422 g/mol. The van der Waals surface area contributed by atoms with Crippen LogP contribution >= 0.6 is 23.4 Å². The average molecular weight is 442 g/mol. The summed E-state index contributed by atoms with van der Waals surface area (Å²) >= 11 is 7.34. The zero-order valence-corrected chi connectivity index (χ0v) is 18.0. The van der Waals surface area contributed by atoms with Gasteiger partial charge in [-0.1, -0.05) is 17.7 Å². The molecule has 2 amide bonds. The molecule has 1 unspecified atom stereocenters. The third kappa shape index (κ3) is 4.49. The number of anilines is 1. The number of rotatable bonds is 5. The largest absolute Gasteiger partial charge is 0.352 e. The molecule has 2 N–H and O–H groups in total. The molecular formula is C21H20ClN5O2S. The number of hydrogen-bond acceptors (Lipinski definition) is 5. The van der Waals surface area contributed by atoms with Crippen molar-refractivity contribution in [3.63, 3.8) is 0 Å². The summed E-state index contributed by atoms with van der Waals surface area (Å²) < 4.78 is 1.78. The van der Waals surface area contributed by atoms with Crippen molar-refractivity contribution in [3.8, 4) is 5.82 Å². The molecule has 0 aliphatic carbocycles. The Balaban J connectivity index is 1.33. The van der Waals surface area contributed by atoms with Gasteiger partial charge in [-0.3, -0.25) is 9.59 Å². The number of carbonyl (C=O) groups excluding carboxylic acids is 2. The number of aromatic nitrogens is 3. The molecule has 4 rings (SSSR count). The van der Waals surface area contributed by atoms with E-state index in [0.717, 1.165) is 27.7 Å². The molecule has 1 aromatic carbocycles. The summed E-state index contributed by atoms with van der Waals surface area (Å²) in [5.41, 5.74) is 3.49. The van der Waals surface area contributed by atoms with E-state index < -0.39 is 5.25 Å². The first kappa shape index (κ1) is 20.4. The minimum atomic E-state index is -0.481. The third-order valence-electron chi connectivity index (χ3n) is 4.66. The maximum Gasteiger partial charge on any atom is 0.238 e. The van der Waals surface area contributed by atoms with Crippen LogP contribution < -0.4 is 10.6 Å². The van der Waals surface area contributed by atoms with Gasteiger partial charge in [-0.05, 0) is 49.7 Å². The first-order chi connectivity index (χ1) is 14.4. The van der Waals surface area contributed by atoms with Gasteiger partial charge in [-0.25, -0.2) is 9.67 Å². The molecule has 2 aromatic heterocycles. The Labute approximate surface area is 183 Å². The van der Waals surface area contributed by atoms with E-state index in [4.69, 9.17) is 11.6 Å². The second-order valence-corrected chi connectivity index (χ2v) is 8.76. The van der Waals surface area contributed by atoms with Crippen LogP contribution in [0.1, 0.15) is 23.4 Å². The molecule has 1 aliphatic rings. The lowest BCUT2D eigenvalue weighted by Crippen LogP contribution is -2.34. The highest BCUT2D eigenvalue weighted by atomic mass is 35.5. The van der Waals surface area contributed by atoms with Gasteiger partial charge in [0.05, 0.1) is 16.6 Å². The number of hydrogen-bond donors (Lipinski definition) is 2. The molecule has 3 aromatic rings. The summed E-state index contributed by atoms with van der Waals surface area (Å²) in [5.74, 6) is 0.341. The summed E-state index contributed by atoms with van der Waals surface area (Å²) in [6, 6.07) is 11.1. The zero-order chi connectivity index (χ0) is 21.3. The van der Waals surface area contributed by atoms with Crippen LogP contribution in [0.3, 0.4) is 0 Å². The summed E-state index contributed by atoms with van der Waals surface area (Å²) in [4.78, 5) is 30.0. The Morgan fingerprint density at radius 2 is 2.10 bits per heavy atom. The number of fused-ring (bicyclic) bond motifs is 1. The number of carbonyl (C=O) groups is 2. The zero-order valence-electron chi connectivity index (χ0n) is 16.5. The number of benzene rings is 1. The molecule has 0 spiro atoms. The second kappa shape index (κ2) is 8.49. The number of halogens is 1. The summed E-state index contributed by atoms with van der Waals surface area (Å²) in [5, 5.41) is 10.2. The van der Waals surface area contributed by atoms with Crippen molar-refractivity contribution in [3.05, 3.63) is 64.6 Å². The van der Waals surface area contributed by atoms with E-state index in [1.54, 1.807) is 23.0 Å². The highest BCUT2D eigenvalue weighted by Gasteiger charge is 2.29. The summed E-state index contributed by atoms with van der Waals surface area (Å²) in [6.45, 7) is 4.25. The first-order valence-corrected chi connectivity index (χ1v) is 10.7. The van der Waals surface area contributed by atoms with Gasteiger partial charge in [0.25, 0.3) is 0 Å². The summed E-state index contributed by atoms with van der Waals surface area (Å²) in [7, 11) is 0. The van der Waals surface area contributed by atoms with Gasteiger partial charge < -0.3 is 10.6 Å². The average Bonchev–Trinajstić information content (AvgIpc) is 3.05. The number of aryl methyl sites for hydroxylation is 2. The predicted octanol–water partition coefficient (Wildman–Crippen LogP) is 3.66. The van der Waals surface area contributed by atoms with Gasteiger partial charge in [0.15, 0.2) is 5.82 Å². The van der Waals surface area contributed by atoms with E-state index >= 15 is 0 Å². The predicted molar refractivity (Wildman–Crippen MR) is 117 cm³/mol. The van der Waals surface area contributed by atoms with Gasteiger partial charge in [-0.15, -0.1) is 11.8 Å². The standard InChI is InChI=1S/C21H20ClN5O2S/c1-12-7-13(2)27(26-12)19-6-3-14(10-23-19)11-24-20(28)9-18-21(29)25-16-8-15(22)4-5-17(16)30-18/h3-8,10,18H,9,11H2,1-2H3,(H,24,28)(H,25,29). The molecule has 3 heterocycles. The molecule has 154 valence electrons. The van der Waals surface area contributed by atoms with Gasteiger partial charge in [0.1, 0.15) is 0 Å². The molecule has 0 radical (unpaired) electrons. The van der Waals surface area contributed by atoms with Crippen molar-refractivity contribution in [1.82, 2.24) is 20.1 Å². The molecule has 0 saturated heterocycles. The Morgan fingerprint density at radius 3 is 2.80 bits per heavy atom. The SMILES string of the molecule is Cc1cc(C)n(-c2ccc(CNC(=O)CC3Sc4ccc(Cl)cc4NC3=O)cn2)n1. The Kier molecular flexibility index (Phi) is 5.78. The molecule has 1 aliphatic heterocycles. The van der Waals surface area contributed by atoms with E-state index in [1.807, 2.05) is 38.1 Å². The summed E-state index contributed by atoms with van der Waals surface area (Å²) in [6.07, 6.45) is 1.81. The minimum Gasteiger partial charge on any atom is -0.352 e.